The Hall–Kier alpha value is -1.56. The first-order chi connectivity index (χ1) is 10.0. The molecule has 5 nitrogen and oxygen atoms in total. The summed E-state index contributed by atoms with van der Waals surface area (Å²) in [5.41, 5.74) is 7.12. The van der Waals surface area contributed by atoms with Crippen molar-refractivity contribution in [2.45, 2.75) is 32.1 Å². The van der Waals surface area contributed by atoms with E-state index in [1.54, 1.807) is 12.1 Å². The number of carbonyl (C=O) groups is 2. The van der Waals surface area contributed by atoms with E-state index >= 15 is 0 Å². The molecule has 6 heteroatoms. The van der Waals surface area contributed by atoms with Gasteiger partial charge >= 0.3 is 5.97 Å². The molecule has 0 heterocycles. The third kappa shape index (κ3) is 3.75. The number of nitrogens with two attached hydrogens (primary N) is 1. The summed E-state index contributed by atoms with van der Waals surface area (Å²) in [6, 6.07) is 3.15. The molecule has 1 aromatic rings. The second-order valence-electron chi connectivity index (χ2n) is 5.24. The second-order valence-corrected chi connectivity index (χ2v) is 6.09. The fourth-order valence-corrected chi connectivity index (χ4v) is 3.09. The van der Waals surface area contributed by atoms with Crippen molar-refractivity contribution in [3.63, 3.8) is 0 Å². The number of benzene rings is 1. The van der Waals surface area contributed by atoms with Crippen molar-refractivity contribution in [1.82, 2.24) is 0 Å². The van der Waals surface area contributed by atoms with E-state index in [9.17, 15) is 9.59 Å². The Kier molecular flexibility index (Phi) is 5.22. The number of ether oxygens (including phenoxy) is 1. The molecule has 0 aliphatic heterocycles. The number of amides is 1. The van der Waals surface area contributed by atoms with Crippen LogP contribution in [-0.2, 0) is 9.53 Å². The molecule has 1 aliphatic rings. The Balaban J connectivity index is 2.18. The summed E-state index contributed by atoms with van der Waals surface area (Å²) in [6.45, 7) is 0. The van der Waals surface area contributed by atoms with Gasteiger partial charge in [0.1, 0.15) is 0 Å². The predicted octanol–water partition coefficient (Wildman–Crippen LogP) is 3.34. The molecule has 0 saturated heterocycles. The van der Waals surface area contributed by atoms with Crippen molar-refractivity contribution in [3.8, 4) is 0 Å². The monoisotopic (exact) mass is 354 g/mol. The number of halogens is 1. The molecule has 1 aliphatic carbocycles. The quantitative estimate of drug-likeness (QED) is 0.644. The third-order valence-corrected chi connectivity index (χ3v) is 4.43. The minimum absolute atomic E-state index is 0.0282. The maximum absolute atomic E-state index is 12.3. The van der Waals surface area contributed by atoms with Crippen molar-refractivity contribution in [2.75, 3.05) is 18.2 Å². The number of hydrogen-bond acceptors (Lipinski definition) is 4. The van der Waals surface area contributed by atoms with E-state index in [4.69, 9.17) is 10.5 Å². The molecule has 3 N–H and O–H groups in total. The van der Waals surface area contributed by atoms with E-state index in [1.807, 2.05) is 0 Å². The lowest BCUT2D eigenvalue weighted by Crippen LogP contribution is -2.25. The molecular weight excluding hydrogens is 336 g/mol. The summed E-state index contributed by atoms with van der Waals surface area (Å²) in [6.07, 6.45) is 5.18. The van der Waals surface area contributed by atoms with E-state index in [1.165, 1.54) is 13.5 Å². The fourth-order valence-electron chi connectivity index (χ4n) is 2.56. The van der Waals surface area contributed by atoms with Crippen LogP contribution < -0.4 is 11.1 Å². The Morgan fingerprint density at radius 1 is 1.29 bits per heavy atom. The maximum atomic E-state index is 12.3. The van der Waals surface area contributed by atoms with E-state index in [0.717, 1.165) is 25.7 Å². The highest BCUT2D eigenvalue weighted by atomic mass is 79.9. The van der Waals surface area contributed by atoms with Crippen LogP contribution in [0.5, 0.6) is 0 Å². The summed E-state index contributed by atoms with van der Waals surface area (Å²) in [7, 11) is 1.31. The molecule has 114 valence electrons. The van der Waals surface area contributed by atoms with Crippen molar-refractivity contribution in [1.29, 1.82) is 0 Å². The first-order valence-electron chi connectivity index (χ1n) is 7.01. The minimum atomic E-state index is -0.477. The van der Waals surface area contributed by atoms with E-state index < -0.39 is 5.97 Å². The number of methoxy groups -OCH3 is 1. The first-order valence-corrected chi connectivity index (χ1v) is 7.80. The number of anilines is 2. The summed E-state index contributed by atoms with van der Waals surface area (Å²) >= 11 is 3.27. The van der Waals surface area contributed by atoms with Crippen LogP contribution in [0.25, 0.3) is 0 Å². The number of carbonyl (C=O) groups excluding carboxylic acids is 2. The molecule has 1 fully saturated rings. The highest BCUT2D eigenvalue weighted by molar-refractivity contribution is 9.10. The molecule has 1 saturated carbocycles. The number of rotatable bonds is 3. The standard InChI is InChI=1S/C15H19BrN2O3/c1-21-15(20)10-7-13(12(17)8-11(10)16)18-14(19)9-5-3-2-4-6-9/h7-9H,2-6,17H2,1H3,(H,18,19). The van der Waals surface area contributed by atoms with Crippen LogP contribution in [0.3, 0.4) is 0 Å². The summed E-state index contributed by atoms with van der Waals surface area (Å²) in [5, 5.41) is 2.83. The van der Waals surface area contributed by atoms with Gasteiger partial charge in [-0.3, -0.25) is 4.79 Å². The zero-order valence-corrected chi connectivity index (χ0v) is 13.5. The van der Waals surface area contributed by atoms with Gasteiger partial charge in [-0.15, -0.1) is 0 Å². The fraction of sp³-hybridized carbons (Fsp3) is 0.467. The Bertz CT molecular complexity index is 554. The minimum Gasteiger partial charge on any atom is -0.465 e. The van der Waals surface area contributed by atoms with Crippen LogP contribution >= 0.6 is 15.9 Å². The van der Waals surface area contributed by atoms with Crippen LogP contribution in [0.15, 0.2) is 16.6 Å². The van der Waals surface area contributed by atoms with Gasteiger partial charge in [-0.25, -0.2) is 4.79 Å². The molecule has 21 heavy (non-hydrogen) atoms. The number of hydrogen-bond donors (Lipinski definition) is 2. The average Bonchev–Trinajstić information content (AvgIpc) is 2.50. The summed E-state index contributed by atoms with van der Waals surface area (Å²) in [4.78, 5) is 23.9. The summed E-state index contributed by atoms with van der Waals surface area (Å²) < 4.78 is 5.25. The van der Waals surface area contributed by atoms with Gasteiger partial charge in [-0.1, -0.05) is 19.3 Å². The molecule has 0 spiro atoms. The van der Waals surface area contributed by atoms with Gasteiger partial charge in [0.05, 0.1) is 24.0 Å². The number of esters is 1. The van der Waals surface area contributed by atoms with Gasteiger partial charge in [-0.2, -0.15) is 0 Å². The van der Waals surface area contributed by atoms with Crippen molar-refractivity contribution in [3.05, 3.63) is 22.2 Å². The van der Waals surface area contributed by atoms with Gasteiger partial charge in [0.15, 0.2) is 0 Å². The molecule has 1 amide bonds. The van der Waals surface area contributed by atoms with E-state index in [0.29, 0.717) is 21.4 Å². The van der Waals surface area contributed by atoms with Gasteiger partial charge in [0, 0.05) is 10.4 Å². The second kappa shape index (κ2) is 6.93. The van der Waals surface area contributed by atoms with Gasteiger partial charge in [0.25, 0.3) is 0 Å². The predicted molar refractivity (Wildman–Crippen MR) is 85.1 cm³/mol. The zero-order valence-electron chi connectivity index (χ0n) is 11.9. The van der Waals surface area contributed by atoms with Crippen molar-refractivity contribution < 1.29 is 14.3 Å². The molecule has 0 unspecified atom stereocenters. The SMILES string of the molecule is COC(=O)c1cc(NC(=O)C2CCCCC2)c(N)cc1Br. The van der Waals surface area contributed by atoms with Crippen molar-refractivity contribution >= 4 is 39.2 Å². The van der Waals surface area contributed by atoms with Crippen LogP contribution in [0.1, 0.15) is 42.5 Å². The molecule has 1 aromatic carbocycles. The molecule has 0 bridgehead atoms. The Morgan fingerprint density at radius 3 is 2.57 bits per heavy atom. The van der Waals surface area contributed by atoms with Gasteiger partial charge < -0.3 is 15.8 Å². The highest BCUT2D eigenvalue weighted by Gasteiger charge is 2.22. The molecule has 0 radical (unpaired) electrons. The van der Waals surface area contributed by atoms with Crippen LogP contribution in [0.2, 0.25) is 0 Å². The van der Waals surface area contributed by atoms with Gasteiger partial charge in [0.2, 0.25) is 5.91 Å². The van der Waals surface area contributed by atoms with Crippen LogP contribution in [0.4, 0.5) is 11.4 Å². The first kappa shape index (κ1) is 15.8. The zero-order chi connectivity index (χ0) is 15.4. The van der Waals surface area contributed by atoms with E-state index in [2.05, 4.69) is 21.2 Å². The number of nitrogen functional groups attached to an aromatic ring is 1. The molecular formula is C15H19BrN2O3. The Labute approximate surface area is 132 Å². The lowest BCUT2D eigenvalue weighted by molar-refractivity contribution is -0.120. The topological polar surface area (TPSA) is 81.4 Å². The normalized spacial score (nSPS) is 15.5. The average molecular weight is 355 g/mol. The largest absolute Gasteiger partial charge is 0.465 e. The van der Waals surface area contributed by atoms with Crippen LogP contribution in [-0.4, -0.2) is 19.0 Å². The van der Waals surface area contributed by atoms with Crippen molar-refractivity contribution in [2.24, 2.45) is 5.92 Å². The molecule has 0 atom stereocenters. The molecule has 0 aromatic heterocycles. The van der Waals surface area contributed by atoms with Gasteiger partial charge in [-0.05, 0) is 40.9 Å². The third-order valence-electron chi connectivity index (χ3n) is 3.78. The maximum Gasteiger partial charge on any atom is 0.339 e. The highest BCUT2D eigenvalue weighted by Crippen LogP contribution is 2.30. The molecule has 2 rings (SSSR count). The number of nitrogens with one attached hydrogen (secondary N) is 1. The lowest BCUT2D eigenvalue weighted by atomic mass is 9.88. The van der Waals surface area contributed by atoms with Crippen LogP contribution in [0, 0.1) is 5.92 Å². The summed E-state index contributed by atoms with van der Waals surface area (Å²) in [5.74, 6) is -0.474. The van der Waals surface area contributed by atoms with E-state index in [-0.39, 0.29) is 11.8 Å². The lowest BCUT2D eigenvalue weighted by Gasteiger charge is -2.21. The Morgan fingerprint density at radius 2 is 1.95 bits per heavy atom. The smallest absolute Gasteiger partial charge is 0.339 e.